The fraction of sp³-hybridized carbons (Fsp3) is 0.462. The third-order valence-corrected chi connectivity index (χ3v) is 2.78. The van der Waals surface area contributed by atoms with Gasteiger partial charge in [-0.05, 0) is 18.4 Å². The van der Waals surface area contributed by atoms with Crippen LogP contribution in [0.1, 0.15) is 18.4 Å². The number of benzene rings is 1. The smallest absolute Gasteiger partial charge is 0.422 e. The first-order chi connectivity index (χ1) is 8.96. The van der Waals surface area contributed by atoms with E-state index in [0.29, 0.717) is 0 Å². The van der Waals surface area contributed by atoms with Crippen LogP contribution in [-0.4, -0.2) is 29.8 Å². The van der Waals surface area contributed by atoms with E-state index in [1.807, 2.05) is 30.3 Å². The van der Waals surface area contributed by atoms with Crippen molar-refractivity contribution in [3.05, 3.63) is 35.9 Å². The van der Waals surface area contributed by atoms with Gasteiger partial charge < -0.3 is 9.64 Å². The molecule has 0 atom stereocenters. The number of alkyl halides is 3. The van der Waals surface area contributed by atoms with E-state index in [0.717, 1.165) is 18.4 Å². The van der Waals surface area contributed by atoms with Crippen molar-refractivity contribution in [1.29, 1.82) is 0 Å². The normalized spacial score (nSPS) is 15.1. The van der Waals surface area contributed by atoms with Crippen molar-refractivity contribution in [2.75, 3.05) is 6.61 Å². The van der Waals surface area contributed by atoms with Gasteiger partial charge in [-0.15, -0.1) is 0 Å². The molecule has 0 unspecified atom stereocenters. The summed E-state index contributed by atoms with van der Waals surface area (Å²) in [5.74, 6) is 0. The lowest BCUT2D eigenvalue weighted by molar-refractivity contribution is -0.162. The Hall–Kier alpha value is -1.72. The Morgan fingerprint density at radius 3 is 2.42 bits per heavy atom. The zero-order valence-electron chi connectivity index (χ0n) is 10.2. The van der Waals surface area contributed by atoms with Crippen LogP contribution in [-0.2, 0) is 11.3 Å². The van der Waals surface area contributed by atoms with Crippen molar-refractivity contribution in [2.24, 2.45) is 0 Å². The van der Waals surface area contributed by atoms with Crippen molar-refractivity contribution >= 4 is 6.09 Å². The molecule has 0 aromatic heterocycles. The molecule has 1 amide bonds. The molecule has 1 aromatic rings. The lowest BCUT2D eigenvalue weighted by atomic mass is 10.2. The van der Waals surface area contributed by atoms with Gasteiger partial charge in [0.2, 0.25) is 0 Å². The van der Waals surface area contributed by atoms with Crippen LogP contribution in [0.2, 0.25) is 0 Å². The van der Waals surface area contributed by atoms with E-state index in [4.69, 9.17) is 0 Å². The Balaban J connectivity index is 1.94. The molecule has 6 heteroatoms. The van der Waals surface area contributed by atoms with E-state index in [1.54, 1.807) is 0 Å². The molecule has 0 saturated heterocycles. The zero-order chi connectivity index (χ0) is 13.9. The minimum absolute atomic E-state index is 0.000870. The minimum Gasteiger partial charge on any atom is -0.440 e. The quantitative estimate of drug-likeness (QED) is 0.842. The molecule has 1 saturated carbocycles. The SMILES string of the molecule is O=C(OCC(F)(F)F)N(Cc1ccccc1)C1CC1. The van der Waals surface area contributed by atoms with Crippen molar-refractivity contribution in [3.8, 4) is 0 Å². The topological polar surface area (TPSA) is 29.5 Å². The molecule has 0 N–H and O–H groups in total. The molecule has 0 aliphatic heterocycles. The van der Waals surface area contributed by atoms with E-state index in [1.165, 1.54) is 4.90 Å². The molecule has 1 fully saturated rings. The number of carbonyl (C=O) groups excluding carboxylic acids is 1. The standard InChI is InChI=1S/C13H14F3NO2/c14-13(15,16)9-19-12(18)17(11-6-7-11)8-10-4-2-1-3-5-10/h1-5,11H,6-9H2. The van der Waals surface area contributed by atoms with Gasteiger partial charge in [0.05, 0.1) is 0 Å². The second kappa shape index (κ2) is 5.50. The molecule has 0 radical (unpaired) electrons. The Morgan fingerprint density at radius 1 is 1.26 bits per heavy atom. The average molecular weight is 273 g/mol. The molecule has 1 aliphatic rings. The van der Waals surface area contributed by atoms with Gasteiger partial charge >= 0.3 is 12.3 Å². The first-order valence-electron chi connectivity index (χ1n) is 6.00. The predicted octanol–water partition coefficient (Wildman–Crippen LogP) is 3.35. The summed E-state index contributed by atoms with van der Waals surface area (Å²) in [4.78, 5) is 13.0. The monoisotopic (exact) mass is 273 g/mol. The van der Waals surface area contributed by atoms with Crippen LogP contribution in [0, 0.1) is 0 Å². The minimum atomic E-state index is -4.49. The Bertz CT molecular complexity index is 429. The number of hydrogen-bond acceptors (Lipinski definition) is 2. The molecule has 19 heavy (non-hydrogen) atoms. The molecule has 1 aliphatic carbocycles. The van der Waals surface area contributed by atoms with Crippen LogP contribution in [0.4, 0.5) is 18.0 Å². The number of hydrogen-bond donors (Lipinski definition) is 0. The maximum Gasteiger partial charge on any atom is 0.422 e. The van der Waals surface area contributed by atoms with Crippen molar-refractivity contribution in [3.63, 3.8) is 0 Å². The maximum absolute atomic E-state index is 12.0. The molecule has 0 spiro atoms. The number of carbonyl (C=O) groups is 1. The first kappa shape index (κ1) is 13.7. The lowest BCUT2D eigenvalue weighted by Crippen LogP contribution is -2.35. The summed E-state index contributed by atoms with van der Waals surface area (Å²) in [6.07, 6.45) is -3.76. The van der Waals surface area contributed by atoms with Gasteiger partial charge in [0.25, 0.3) is 0 Å². The molecule has 104 valence electrons. The summed E-state index contributed by atoms with van der Waals surface area (Å²) in [5.41, 5.74) is 0.873. The van der Waals surface area contributed by atoms with Crippen molar-refractivity contribution < 1.29 is 22.7 Å². The Morgan fingerprint density at radius 2 is 1.89 bits per heavy atom. The first-order valence-corrected chi connectivity index (χ1v) is 6.00. The van der Waals surface area contributed by atoms with Crippen LogP contribution < -0.4 is 0 Å². The van der Waals surface area contributed by atoms with E-state index in [9.17, 15) is 18.0 Å². The molecule has 2 rings (SSSR count). The van der Waals surface area contributed by atoms with Crippen LogP contribution in [0.15, 0.2) is 30.3 Å². The highest BCUT2D eigenvalue weighted by atomic mass is 19.4. The molecular weight excluding hydrogens is 259 g/mol. The van der Waals surface area contributed by atoms with Crippen LogP contribution in [0.3, 0.4) is 0 Å². The van der Waals surface area contributed by atoms with Gasteiger partial charge in [-0.1, -0.05) is 30.3 Å². The average Bonchev–Trinajstić information content (AvgIpc) is 3.18. The predicted molar refractivity (Wildman–Crippen MR) is 62.4 cm³/mol. The third-order valence-electron chi connectivity index (χ3n) is 2.78. The highest BCUT2D eigenvalue weighted by Gasteiger charge is 2.36. The fourth-order valence-electron chi connectivity index (χ4n) is 1.74. The van der Waals surface area contributed by atoms with Crippen molar-refractivity contribution in [2.45, 2.75) is 31.6 Å². The summed E-state index contributed by atoms with van der Waals surface area (Å²) in [6.45, 7) is -1.26. The molecular formula is C13H14F3NO2. The summed E-state index contributed by atoms with van der Waals surface area (Å²) in [7, 11) is 0. The second-order valence-electron chi connectivity index (χ2n) is 4.51. The number of halogens is 3. The number of ether oxygens (including phenoxy) is 1. The van der Waals surface area contributed by atoms with Crippen molar-refractivity contribution in [1.82, 2.24) is 4.90 Å². The summed E-state index contributed by atoms with van der Waals surface area (Å²) < 4.78 is 40.4. The fourth-order valence-corrected chi connectivity index (χ4v) is 1.74. The summed E-state index contributed by atoms with van der Waals surface area (Å²) in [5, 5.41) is 0. The van der Waals surface area contributed by atoms with Crippen LogP contribution >= 0.6 is 0 Å². The van der Waals surface area contributed by atoms with Crippen LogP contribution in [0.25, 0.3) is 0 Å². The second-order valence-corrected chi connectivity index (χ2v) is 4.51. The Labute approximate surface area is 109 Å². The maximum atomic E-state index is 12.0. The van der Waals surface area contributed by atoms with Gasteiger partial charge in [-0.2, -0.15) is 13.2 Å². The van der Waals surface area contributed by atoms with Gasteiger partial charge in [-0.25, -0.2) is 4.79 Å². The summed E-state index contributed by atoms with van der Waals surface area (Å²) >= 11 is 0. The number of nitrogens with zero attached hydrogens (tertiary/aromatic N) is 1. The van der Waals surface area contributed by atoms with Gasteiger partial charge in [0.1, 0.15) is 0 Å². The molecule has 0 heterocycles. The van der Waals surface area contributed by atoms with E-state index >= 15 is 0 Å². The van der Waals surface area contributed by atoms with Crippen LogP contribution in [0.5, 0.6) is 0 Å². The van der Waals surface area contributed by atoms with Gasteiger partial charge in [0, 0.05) is 12.6 Å². The highest BCUT2D eigenvalue weighted by molar-refractivity contribution is 5.68. The highest BCUT2D eigenvalue weighted by Crippen LogP contribution is 2.29. The van der Waals surface area contributed by atoms with Gasteiger partial charge in [0.15, 0.2) is 6.61 Å². The largest absolute Gasteiger partial charge is 0.440 e. The zero-order valence-corrected chi connectivity index (χ0v) is 10.2. The van der Waals surface area contributed by atoms with E-state index in [-0.39, 0.29) is 12.6 Å². The number of rotatable bonds is 4. The molecule has 1 aromatic carbocycles. The summed E-state index contributed by atoms with van der Waals surface area (Å²) in [6, 6.07) is 9.13. The number of amides is 1. The lowest BCUT2D eigenvalue weighted by Gasteiger charge is -2.22. The molecule has 0 bridgehead atoms. The van der Waals surface area contributed by atoms with Gasteiger partial charge in [-0.3, -0.25) is 0 Å². The molecule has 3 nitrogen and oxygen atoms in total. The van der Waals surface area contributed by atoms with E-state index < -0.39 is 18.9 Å². The van der Waals surface area contributed by atoms with E-state index in [2.05, 4.69) is 4.74 Å². The third kappa shape index (κ3) is 4.46. The Kier molecular flexibility index (Phi) is 3.97.